The summed E-state index contributed by atoms with van der Waals surface area (Å²) in [5.41, 5.74) is 6.84. The van der Waals surface area contributed by atoms with Crippen LogP contribution < -0.4 is 5.73 Å². The van der Waals surface area contributed by atoms with E-state index in [1.165, 1.54) is 12.8 Å². The Bertz CT molecular complexity index is 394. The van der Waals surface area contributed by atoms with E-state index in [-0.39, 0.29) is 11.1 Å². The zero-order valence-electron chi connectivity index (χ0n) is 11.7. The van der Waals surface area contributed by atoms with Crippen molar-refractivity contribution in [3.05, 3.63) is 16.1 Å². The molecule has 1 aromatic rings. The van der Waals surface area contributed by atoms with Gasteiger partial charge in [-0.3, -0.25) is 0 Å². The summed E-state index contributed by atoms with van der Waals surface area (Å²) in [4.78, 5) is 4.79. The summed E-state index contributed by atoms with van der Waals surface area (Å²) < 4.78 is 6.04. The van der Waals surface area contributed by atoms with Crippen molar-refractivity contribution in [2.24, 2.45) is 5.73 Å². The third-order valence-corrected chi connectivity index (χ3v) is 5.07. The topological polar surface area (TPSA) is 48.1 Å². The molecular formula is C14H24N2OS. The summed E-state index contributed by atoms with van der Waals surface area (Å²) in [6.07, 6.45) is 5.57. The van der Waals surface area contributed by atoms with Crippen LogP contribution in [0.5, 0.6) is 0 Å². The standard InChI is InChI=1S/C14H24N2OS/c1-4-13(3,15)11-10-18-12(16-11)14(17-5-2)8-6-7-9-14/h10H,4-9,15H2,1-3H3. The van der Waals surface area contributed by atoms with Crippen LogP contribution in [0.15, 0.2) is 5.38 Å². The Labute approximate surface area is 114 Å². The van der Waals surface area contributed by atoms with E-state index in [1.54, 1.807) is 11.3 Å². The fourth-order valence-electron chi connectivity index (χ4n) is 2.57. The molecule has 0 aliphatic heterocycles. The molecule has 0 aromatic carbocycles. The lowest BCUT2D eigenvalue weighted by molar-refractivity contribution is -0.0392. The van der Waals surface area contributed by atoms with Crippen molar-refractivity contribution in [2.75, 3.05) is 6.61 Å². The monoisotopic (exact) mass is 268 g/mol. The Morgan fingerprint density at radius 2 is 2.11 bits per heavy atom. The highest BCUT2D eigenvalue weighted by Crippen LogP contribution is 2.44. The zero-order valence-corrected chi connectivity index (χ0v) is 12.5. The lowest BCUT2D eigenvalue weighted by Crippen LogP contribution is -2.33. The molecule has 1 aliphatic rings. The predicted octanol–water partition coefficient (Wildman–Crippen LogP) is 3.53. The van der Waals surface area contributed by atoms with Gasteiger partial charge >= 0.3 is 0 Å². The Morgan fingerprint density at radius 3 is 2.67 bits per heavy atom. The Balaban J connectivity index is 2.28. The largest absolute Gasteiger partial charge is 0.368 e. The van der Waals surface area contributed by atoms with Crippen molar-refractivity contribution >= 4 is 11.3 Å². The maximum absolute atomic E-state index is 6.27. The van der Waals surface area contributed by atoms with Gasteiger partial charge in [0.05, 0.1) is 11.2 Å². The average Bonchev–Trinajstić information content (AvgIpc) is 2.98. The van der Waals surface area contributed by atoms with E-state index in [0.717, 1.165) is 36.6 Å². The van der Waals surface area contributed by atoms with Gasteiger partial charge in [0, 0.05) is 12.0 Å². The fraction of sp³-hybridized carbons (Fsp3) is 0.786. The highest BCUT2D eigenvalue weighted by Gasteiger charge is 2.39. The van der Waals surface area contributed by atoms with Gasteiger partial charge < -0.3 is 10.5 Å². The molecule has 0 spiro atoms. The van der Waals surface area contributed by atoms with E-state index < -0.39 is 0 Å². The quantitative estimate of drug-likeness (QED) is 0.888. The molecule has 0 amide bonds. The highest BCUT2D eigenvalue weighted by molar-refractivity contribution is 7.09. The SMILES string of the molecule is CCOC1(c2nc(C(C)(N)CC)cs2)CCCC1. The molecule has 18 heavy (non-hydrogen) atoms. The first-order chi connectivity index (χ1) is 8.54. The van der Waals surface area contributed by atoms with Crippen molar-refractivity contribution in [3.63, 3.8) is 0 Å². The molecule has 2 rings (SSSR count). The molecule has 2 N–H and O–H groups in total. The van der Waals surface area contributed by atoms with Gasteiger partial charge in [-0.1, -0.05) is 19.8 Å². The van der Waals surface area contributed by atoms with E-state index in [2.05, 4.69) is 19.2 Å². The lowest BCUT2D eigenvalue weighted by atomic mass is 9.97. The van der Waals surface area contributed by atoms with Gasteiger partial charge in [-0.25, -0.2) is 4.98 Å². The smallest absolute Gasteiger partial charge is 0.125 e. The van der Waals surface area contributed by atoms with Crippen molar-refractivity contribution in [1.29, 1.82) is 0 Å². The minimum atomic E-state index is -0.319. The molecule has 1 heterocycles. The number of ether oxygens (including phenoxy) is 1. The molecule has 0 bridgehead atoms. The fourth-order valence-corrected chi connectivity index (χ4v) is 3.74. The molecule has 0 saturated heterocycles. The predicted molar refractivity (Wildman–Crippen MR) is 75.7 cm³/mol. The maximum Gasteiger partial charge on any atom is 0.125 e. The first kappa shape index (κ1) is 14.0. The van der Waals surface area contributed by atoms with Gasteiger partial charge in [-0.2, -0.15) is 0 Å². The third-order valence-electron chi connectivity index (χ3n) is 4.05. The van der Waals surface area contributed by atoms with E-state index >= 15 is 0 Å². The summed E-state index contributed by atoms with van der Waals surface area (Å²) in [6.45, 7) is 6.97. The summed E-state index contributed by atoms with van der Waals surface area (Å²) >= 11 is 1.71. The lowest BCUT2D eigenvalue weighted by Gasteiger charge is -2.27. The zero-order chi connectivity index (χ0) is 13.2. The van der Waals surface area contributed by atoms with E-state index in [1.807, 2.05) is 6.92 Å². The van der Waals surface area contributed by atoms with Crippen LogP contribution in [-0.2, 0) is 15.9 Å². The Hall–Kier alpha value is -0.450. The molecule has 1 aliphatic carbocycles. The number of nitrogens with zero attached hydrogens (tertiary/aromatic N) is 1. The number of hydrogen-bond acceptors (Lipinski definition) is 4. The normalized spacial score (nSPS) is 22.0. The second-order valence-corrected chi connectivity index (χ2v) is 6.30. The number of rotatable bonds is 5. The van der Waals surface area contributed by atoms with Crippen molar-refractivity contribution in [1.82, 2.24) is 4.98 Å². The van der Waals surface area contributed by atoms with E-state index in [9.17, 15) is 0 Å². The van der Waals surface area contributed by atoms with Crippen molar-refractivity contribution < 1.29 is 4.74 Å². The summed E-state index contributed by atoms with van der Waals surface area (Å²) in [5.74, 6) is 0. The average molecular weight is 268 g/mol. The molecule has 102 valence electrons. The Kier molecular flexibility index (Phi) is 4.09. The van der Waals surface area contributed by atoms with Crippen LogP contribution in [0.25, 0.3) is 0 Å². The van der Waals surface area contributed by atoms with Crippen LogP contribution in [0.3, 0.4) is 0 Å². The van der Waals surface area contributed by atoms with E-state index in [0.29, 0.717) is 0 Å². The number of aromatic nitrogens is 1. The third kappa shape index (κ3) is 2.46. The molecule has 1 aromatic heterocycles. The van der Waals surface area contributed by atoms with Crippen LogP contribution >= 0.6 is 11.3 Å². The van der Waals surface area contributed by atoms with Crippen LogP contribution in [0.1, 0.15) is 63.6 Å². The molecule has 4 heteroatoms. The molecule has 1 saturated carbocycles. The molecule has 0 radical (unpaired) electrons. The van der Waals surface area contributed by atoms with Gasteiger partial charge in [-0.05, 0) is 33.1 Å². The van der Waals surface area contributed by atoms with Crippen LogP contribution in [0.2, 0.25) is 0 Å². The van der Waals surface area contributed by atoms with Gasteiger partial charge in [0.15, 0.2) is 0 Å². The molecule has 1 fully saturated rings. The number of thiazole rings is 1. The summed E-state index contributed by atoms with van der Waals surface area (Å²) in [5, 5.41) is 3.24. The second kappa shape index (κ2) is 5.27. The van der Waals surface area contributed by atoms with Gasteiger partial charge in [0.1, 0.15) is 10.6 Å². The Morgan fingerprint density at radius 1 is 1.44 bits per heavy atom. The van der Waals surface area contributed by atoms with Gasteiger partial charge in [-0.15, -0.1) is 11.3 Å². The molecular weight excluding hydrogens is 244 g/mol. The second-order valence-electron chi connectivity index (χ2n) is 5.44. The maximum atomic E-state index is 6.27. The van der Waals surface area contributed by atoms with Crippen molar-refractivity contribution in [3.8, 4) is 0 Å². The van der Waals surface area contributed by atoms with Crippen LogP contribution in [0, 0.1) is 0 Å². The molecule has 1 atom stereocenters. The highest BCUT2D eigenvalue weighted by atomic mass is 32.1. The first-order valence-electron chi connectivity index (χ1n) is 6.93. The first-order valence-corrected chi connectivity index (χ1v) is 7.81. The minimum absolute atomic E-state index is 0.124. The van der Waals surface area contributed by atoms with E-state index in [4.69, 9.17) is 15.5 Å². The van der Waals surface area contributed by atoms with Crippen LogP contribution in [-0.4, -0.2) is 11.6 Å². The van der Waals surface area contributed by atoms with Gasteiger partial charge in [0.25, 0.3) is 0 Å². The minimum Gasteiger partial charge on any atom is -0.368 e. The number of hydrogen-bond donors (Lipinski definition) is 1. The van der Waals surface area contributed by atoms with Crippen molar-refractivity contribution in [2.45, 2.75) is 64.0 Å². The van der Waals surface area contributed by atoms with Crippen LogP contribution in [0.4, 0.5) is 0 Å². The molecule has 1 unspecified atom stereocenters. The van der Waals surface area contributed by atoms with Gasteiger partial charge in [0.2, 0.25) is 0 Å². The summed E-state index contributed by atoms with van der Waals surface area (Å²) in [6, 6.07) is 0. The number of nitrogens with two attached hydrogens (primary N) is 1. The molecule has 3 nitrogen and oxygen atoms in total. The summed E-state index contributed by atoms with van der Waals surface area (Å²) in [7, 11) is 0.